The van der Waals surface area contributed by atoms with Gasteiger partial charge in [0.25, 0.3) is 11.8 Å². The highest BCUT2D eigenvalue weighted by molar-refractivity contribution is 6.32. The van der Waals surface area contributed by atoms with Gasteiger partial charge in [0.15, 0.2) is 11.5 Å². The van der Waals surface area contributed by atoms with Crippen LogP contribution in [0.5, 0.6) is 5.75 Å². The Hall–Kier alpha value is -3.77. The van der Waals surface area contributed by atoms with Crippen LogP contribution >= 0.6 is 11.6 Å². The maximum absolute atomic E-state index is 13.3. The molecule has 1 fully saturated rings. The highest BCUT2D eigenvalue weighted by Crippen LogP contribution is 2.33. The number of hydrogen-bond acceptors (Lipinski definition) is 4. The van der Waals surface area contributed by atoms with Gasteiger partial charge in [0.2, 0.25) is 0 Å². The van der Waals surface area contributed by atoms with Gasteiger partial charge in [-0.3, -0.25) is 9.59 Å². The first-order valence-corrected chi connectivity index (χ1v) is 12.0. The van der Waals surface area contributed by atoms with Crippen LogP contribution in [-0.4, -0.2) is 42.4 Å². The summed E-state index contributed by atoms with van der Waals surface area (Å²) in [6, 6.07) is 21.0. The number of carbonyl (C=O) groups is 2. The second kappa shape index (κ2) is 9.47. The molecule has 1 unspecified atom stereocenters. The number of hydrogen-bond donors (Lipinski definition) is 1. The fraction of sp³-hybridized carbons (Fsp3) is 0.214. The molecule has 35 heavy (non-hydrogen) atoms. The molecule has 6 nitrogen and oxygen atoms in total. The summed E-state index contributed by atoms with van der Waals surface area (Å²) in [5.41, 5.74) is 4.08. The molecular weight excluding hydrogens is 462 g/mol. The quantitative estimate of drug-likeness (QED) is 0.504. The van der Waals surface area contributed by atoms with Crippen LogP contribution in [0.25, 0.3) is 6.08 Å². The summed E-state index contributed by atoms with van der Waals surface area (Å²) in [5.74, 6) is 0.181. The van der Waals surface area contributed by atoms with Crippen molar-refractivity contribution in [3.05, 3.63) is 94.2 Å². The van der Waals surface area contributed by atoms with Gasteiger partial charge in [-0.1, -0.05) is 41.9 Å². The van der Waals surface area contributed by atoms with Crippen molar-refractivity contribution in [3.63, 3.8) is 0 Å². The summed E-state index contributed by atoms with van der Waals surface area (Å²) in [4.78, 5) is 30.1. The number of fused-ring (bicyclic) bond motifs is 1. The van der Waals surface area contributed by atoms with E-state index in [4.69, 9.17) is 16.3 Å². The third-order valence-corrected chi connectivity index (χ3v) is 6.70. The predicted octanol–water partition coefficient (Wildman–Crippen LogP) is 5.37. The van der Waals surface area contributed by atoms with E-state index < -0.39 is 0 Å². The topological polar surface area (TPSA) is 61.9 Å². The Morgan fingerprint density at radius 2 is 1.91 bits per heavy atom. The fourth-order valence-corrected chi connectivity index (χ4v) is 4.73. The average Bonchev–Trinajstić information content (AvgIpc) is 2.85. The van der Waals surface area contributed by atoms with Crippen LogP contribution in [0.15, 0.2) is 72.5 Å². The number of benzene rings is 3. The number of halogens is 1. The normalized spacial score (nSPS) is 18.7. The molecule has 1 N–H and O–H groups in total. The largest absolute Gasteiger partial charge is 0.449 e. The average molecular weight is 488 g/mol. The van der Waals surface area contributed by atoms with E-state index in [1.54, 1.807) is 30.3 Å². The van der Waals surface area contributed by atoms with Crippen LogP contribution in [0.4, 0.5) is 11.4 Å². The zero-order chi connectivity index (χ0) is 24.5. The fourth-order valence-electron chi connectivity index (χ4n) is 4.54. The molecule has 0 spiro atoms. The minimum Gasteiger partial charge on any atom is -0.449 e. The van der Waals surface area contributed by atoms with E-state index >= 15 is 0 Å². The number of piperazine rings is 1. The molecule has 2 aliphatic heterocycles. The van der Waals surface area contributed by atoms with E-state index in [2.05, 4.69) is 48.3 Å². The Bertz CT molecular complexity index is 1340. The molecule has 2 heterocycles. The Balaban J connectivity index is 1.30. The van der Waals surface area contributed by atoms with E-state index in [9.17, 15) is 9.59 Å². The first-order chi connectivity index (χ1) is 16.9. The van der Waals surface area contributed by atoms with Crippen molar-refractivity contribution in [3.8, 4) is 5.75 Å². The van der Waals surface area contributed by atoms with Gasteiger partial charge < -0.3 is 19.9 Å². The molecule has 2 amide bonds. The second-order valence-electron chi connectivity index (χ2n) is 8.93. The Labute approximate surface area is 209 Å². The molecule has 1 saturated heterocycles. The molecule has 178 valence electrons. The summed E-state index contributed by atoms with van der Waals surface area (Å²) in [7, 11) is 0. The number of anilines is 2. The molecule has 0 aliphatic carbocycles. The number of aryl methyl sites for hydroxylation is 1. The summed E-state index contributed by atoms with van der Waals surface area (Å²) in [6.45, 7) is 6.23. The lowest BCUT2D eigenvalue weighted by molar-refractivity contribution is -0.115. The Morgan fingerprint density at radius 1 is 1.09 bits per heavy atom. The van der Waals surface area contributed by atoms with Crippen LogP contribution in [0.1, 0.15) is 28.4 Å². The Kier molecular flexibility index (Phi) is 6.22. The van der Waals surface area contributed by atoms with E-state index in [1.165, 1.54) is 11.3 Å². The molecule has 1 atom stereocenters. The van der Waals surface area contributed by atoms with Crippen LogP contribution in [0, 0.1) is 6.92 Å². The number of carbonyl (C=O) groups excluding carboxylic acids is 2. The van der Waals surface area contributed by atoms with E-state index in [0.29, 0.717) is 40.7 Å². The minimum absolute atomic E-state index is 0.0600. The number of nitrogens with one attached hydrogen (secondary N) is 1. The molecule has 0 bridgehead atoms. The summed E-state index contributed by atoms with van der Waals surface area (Å²) >= 11 is 6.20. The lowest BCUT2D eigenvalue weighted by Gasteiger charge is -2.41. The molecule has 5 rings (SSSR count). The number of ether oxygens (including phenoxy) is 1. The van der Waals surface area contributed by atoms with Gasteiger partial charge >= 0.3 is 0 Å². The third-order valence-electron chi connectivity index (χ3n) is 6.36. The van der Waals surface area contributed by atoms with Crippen molar-refractivity contribution in [1.29, 1.82) is 0 Å². The van der Waals surface area contributed by atoms with Gasteiger partial charge in [-0.2, -0.15) is 0 Å². The van der Waals surface area contributed by atoms with Gasteiger partial charge in [-0.25, -0.2) is 0 Å². The Morgan fingerprint density at radius 3 is 2.69 bits per heavy atom. The molecule has 7 heteroatoms. The van der Waals surface area contributed by atoms with Gasteiger partial charge in [0.05, 0.1) is 5.69 Å². The summed E-state index contributed by atoms with van der Waals surface area (Å²) in [6.07, 6.45) is 1.61. The van der Waals surface area contributed by atoms with Crippen molar-refractivity contribution < 1.29 is 14.3 Å². The smallest absolute Gasteiger partial charge is 0.291 e. The molecule has 3 aromatic rings. The first kappa shape index (κ1) is 23.0. The van der Waals surface area contributed by atoms with Gasteiger partial charge in [-0.15, -0.1) is 0 Å². The summed E-state index contributed by atoms with van der Waals surface area (Å²) < 4.78 is 5.83. The van der Waals surface area contributed by atoms with Gasteiger partial charge in [0, 0.05) is 41.9 Å². The monoisotopic (exact) mass is 487 g/mol. The van der Waals surface area contributed by atoms with E-state index in [0.717, 1.165) is 6.54 Å². The number of amides is 2. The molecular formula is C28H26ClN3O3. The van der Waals surface area contributed by atoms with Crippen molar-refractivity contribution >= 4 is 40.9 Å². The van der Waals surface area contributed by atoms with Crippen LogP contribution < -0.4 is 15.0 Å². The SMILES string of the molecule is Cc1cccc(N2CCN(C(=O)c3ccc4c(c3)NC(=O)C(=Cc3ccccc3Cl)O4)CC2C)c1. The third kappa shape index (κ3) is 4.75. The van der Waals surface area contributed by atoms with E-state index in [1.807, 2.05) is 23.1 Å². The van der Waals surface area contributed by atoms with Gasteiger partial charge in [0.1, 0.15) is 0 Å². The molecule has 3 aromatic carbocycles. The van der Waals surface area contributed by atoms with E-state index in [-0.39, 0.29) is 23.6 Å². The van der Waals surface area contributed by atoms with Crippen LogP contribution in [0.2, 0.25) is 5.02 Å². The van der Waals surface area contributed by atoms with Crippen molar-refractivity contribution in [2.75, 3.05) is 29.9 Å². The van der Waals surface area contributed by atoms with Crippen molar-refractivity contribution in [2.24, 2.45) is 0 Å². The summed E-state index contributed by atoms with van der Waals surface area (Å²) in [5, 5.41) is 3.36. The molecule has 2 aliphatic rings. The second-order valence-corrected chi connectivity index (χ2v) is 9.34. The standard InChI is InChI=1S/C28H26ClN3O3/c1-18-6-5-8-22(14-18)32-13-12-31(17-19(32)2)28(34)21-10-11-25-24(15-21)30-27(33)26(35-25)16-20-7-3-4-9-23(20)29/h3-11,14-16,19H,12-13,17H2,1-2H3,(H,30,33). The number of nitrogens with zero attached hydrogens (tertiary/aromatic N) is 2. The zero-order valence-electron chi connectivity index (χ0n) is 19.6. The molecule has 0 saturated carbocycles. The number of rotatable bonds is 3. The zero-order valence-corrected chi connectivity index (χ0v) is 20.4. The minimum atomic E-state index is -0.387. The maximum Gasteiger partial charge on any atom is 0.291 e. The maximum atomic E-state index is 13.3. The predicted molar refractivity (Wildman–Crippen MR) is 139 cm³/mol. The first-order valence-electron chi connectivity index (χ1n) is 11.6. The van der Waals surface area contributed by atoms with Crippen LogP contribution in [-0.2, 0) is 4.79 Å². The van der Waals surface area contributed by atoms with Crippen molar-refractivity contribution in [2.45, 2.75) is 19.9 Å². The van der Waals surface area contributed by atoms with Crippen molar-refractivity contribution in [1.82, 2.24) is 4.90 Å². The lowest BCUT2D eigenvalue weighted by Crippen LogP contribution is -2.53. The lowest BCUT2D eigenvalue weighted by atomic mass is 10.1. The van der Waals surface area contributed by atoms with Crippen LogP contribution in [0.3, 0.4) is 0 Å². The highest BCUT2D eigenvalue weighted by atomic mass is 35.5. The van der Waals surface area contributed by atoms with Gasteiger partial charge in [-0.05, 0) is 67.4 Å². The highest BCUT2D eigenvalue weighted by Gasteiger charge is 2.29. The molecule has 0 radical (unpaired) electrons. The molecule has 0 aromatic heterocycles.